The third-order valence-corrected chi connectivity index (χ3v) is 6.02. The lowest BCUT2D eigenvalue weighted by Crippen LogP contribution is -2.44. The summed E-state index contributed by atoms with van der Waals surface area (Å²) in [4.78, 5) is 24.2. The minimum Gasteiger partial charge on any atom is -0.444 e. The normalized spacial score (nSPS) is 17.9. The maximum Gasteiger partial charge on any atom is 0.410 e. The summed E-state index contributed by atoms with van der Waals surface area (Å²) in [5.41, 5.74) is -0.444. The fraction of sp³-hybridized carbons (Fsp3) is 0.762. The number of hydrogen-bond donors (Lipinski definition) is 2. The highest BCUT2D eigenvalue weighted by molar-refractivity contribution is 7.11. The van der Waals surface area contributed by atoms with Gasteiger partial charge in [-0.2, -0.15) is 0 Å². The third-order valence-electron chi connectivity index (χ3n) is 4.82. The lowest BCUT2D eigenvalue weighted by atomic mass is 9.95. The molecule has 29 heavy (non-hydrogen) atoms. The molecule has 1 aromatic rings. The second kappa shape index (κ2) is 11.4. The first-order valence-electron chi connectivity index (χ1n) is 10.7. The van der Waals surface area contributed by atoms with Gasteiger partial charge in [0.25, 0.3) is 0 Å². The molecule has 1 fully saturated rings. The molecule has 8 heteroatoms. The smallest absolute Gasteiger partial charge is 0.410 e. The number of carbonyl (C=O) groups is 1. The predicted molar refractivity (Wildman–Crippen MR) is 120 cm³/mol. The molecule has 1 aliphatic rings. The fourth-order valence-electron chi connectivity index (χ4n) is 3.32. The van der Waals surface area contributed by atoms with Gasteiger partial charge in [-0.3, -0.25) is 4.99 Å². The van der Waals surface area contributed by atoms with E-state index in [-0.39, 0.29) is 6.09 Å². The topological polar surface area (TPSA) is 78.9 Å². The van der Waals surface area contributed by atoms with Gasteiger partial charge < -0.3 is 20.3 Å². The van der Waals surface area contributed by atoms with Crippen molar-refractivity contribution in [1.82, 2.24) is 20.5 Å². The molecule has 2 N–H and O–H groups in total. The van der Waals surface area contributed by atoms with E-state index in [0.717, 1.165) is 69.3 Å². The summed E-state index contributed by atoms with van der Waals surface area (Å²) in [7, 11) is 1.79. The van der Waals surface area contributed by atoms with E-state index in [2.05, 4.69) is 27.5 Å². The largest absolute Gasteiger partial charge is 0.444 e. The Bertz CT molecular complexity index is 668. The third kappa shape index (κ3) is 8.60. The van der Waals surface area contributed by atoms with Crippen molar-refractivity contribution in [2.45, 2.75) is 65.4 Å². The maximum absolute atomic E-state index is 12.3. The Balaban J connectivity index is 1.67. The second-order valence-corrected chi connectivity index (χ2v) is 9.67. The van der Waals surface area contributed by atoms with Gasteiger partial charge in [0.15, 0.2) is 5.96 Å². The van der Waals surface area contributed by atoms with Crippen LogP contribution in [0.5, 0.6) is 0 Å². The summed E-state index contributed by atoms with van der Waals surface area (Å²) < 4.78 is 5.51. The van der Waals surface area contributed by atoms with Gasteiger partial charge in [-0.1, -0.05) is 6.92 Å². The number of hydrogen-bond acceptors (Lipinski definition) is 5. The molecule has 7 nitrogen and oxygen atoms in total. The lowest BCUT2D eigenvalue weighted by Gasteiger charge is -2.34. The van der Waals surface area contributed by atoms with Crippen molar-refractivity contribution in [1.29, 1.82) is 0 Å². The number of carbonyl (C=O) groups excluding carboxylic acids is 1. The van der Waals surface area contributed by atoms with Gasteiger partial charge in [-0.05, 0) is 52.4 Å². The van der Waals surface area contributed by atoms with Gasteiger partial charge in [0.2, 0.25) is 0 Å². The van der Waals surface area contributed by atoms with Crippen LogP contribution in [-0.4, -0.2) is 60.8 Å². The summed E-state index contributed by atoms with van der Waals surface area (Å²) >= 11 is 1.78. The molecular formula is C21H37N5O2S. The van der Waals surface area contributed by atoms with Crippen molar-refractivity contribution in [3.63, 3.8) is 0 Å². The van der Waals surface area contributed by atoms with Crippen LogP contribution in [0.15, 0.2) is 11.2 Å². The van der Waals surface area contributed by atoms with Crippen LogP contribution in [-0.2, 0) is 17.6 Å². The van der Waals surface area contributed by atoms with E-state index in [9.17, 15) is 4.79 Å². The van der Waals surface area contributed by atoms with E-state index < -0.39 is 5.60 Å². The summed E-state index contributed by atoms with van der Waals surface area (Å²) in [5, 5.41) is 7.91. The molecule has 0 aromatic carbocycles. The lowest BCUT2D eigenvalue weighted by molar-refractivity contribution is 0.0162. The van der Waals surface area contributed by atoms with Crippen molar-refractivity contribution in [2.75, 3.05) is 33.2 Å². The van der Waals surface area contributed by atoms with Crippen LogP contribution in [0.25, 0.3) is 0 Å². The van der Waals surface area contributed by atoms with Gasteiger partial charge >= 0.3 is 6.09 Å². The van der Waals surface area contributed by atoms with Crippen LogP contribution >= 0.6 is 11.3 Å². The molecule has 0 saturated carbocycles. The van der Waals surface area contributed by atoms with Gasteiger partial charge in [0.1, 0.15) is 5.60 Å². The Morgan fingerprint density at radius 1 is 1.38 bits per heavy atom. The monoisotopic (exact) mass is 423 g/mol. The van der Waals surface area contributed by atoms with Crippen molar-refractivity contribution in [3.8, 4) is 0 Å². The Morgan fingerprint density at radius 2 is 2.14 bits per heavy atom. The van der Waals surface area contributed by atoms with Crippen LogP contribution in [0.1, 0.15) is 56.8 Å². The highest BCUT2D eigenvalue weighted by Crippen LogP contribution is 2.21. The quantitative estimate of drug-likeness (QED) is 0.519. The van der Waals surface area contributed by atoms with Crippen LogP contribution in [0.2, 0.25) is 0 Å². The maximum atomic E-state index is 12.3. The zero-order valence-corrected chi connectivity index (χ0v) is 19.4. The highest BCUT2D eigenvalue weighted by atomic mass is 32.1. The molecule has 1 aliphatic heterocycles. The molecule has 0 radical (unpaired) electrons. The highest BCUT2D eigenvalue weighted by Gasteiger charge is 2.27. The number of rotatable bonds is 7. The molecule has 2 heterocycles. The average molecular weight is 424 g/mol. The first-order valence-corrected chi connectivity index (χ1v) is 11.5. The summed E-state index contributed by atoms with van der Waals surface area (Å²) in [6.45, 7) is 11.1. The first-order chi connectivity index (χ1) is 13.8. The molecule has 2 rings (SSSR count). The number of aliphatic imine (C=N–C) groups is 1. The number of nitrogens with one attached hydrogen (secondary N) is 2. The molecular weight excluding hydrogens is 386 g/mol. The van der Waals surface area contributed by atoms with Crippen LogP contribution in [0.4, 0.5) is 4.79 Å². The predicted octanol–water partition coefficient (Wildman–Crippen LogP) is 3.45. The number of nitrogens with zero attached hydrogens (tertiary/aromatic N) is 3. The molecule has 1 aromatic heterocycles. The fourth-order valence-corrected chi connectivity index (χ4v) is 4.19. The molecule has 0 bridgehead atoms. The van der Waals surface area contributed by atoms with E-state index in [1.54, 1.807) is 18.4 Å². The Hall–Kier alpha value is -1.83. The molecule has 1 saturated heterocycles. The molecule has 1 atom stereocenters. The molecule has 0 spiro atoms. The minimum atomic E-state index is -0.444. The van der Waals surface area contributed by atoms with E-state index in [1.807, 2.05) is 31.9 Å². The van der Waals surface area contributed by atoms with Gasteiger partial charge in [0, 0.05) is 50.7 Å². The Kier molecular flexibility index (Phi) is 9.20. The van der Waals surface area contributed by atoms with Crippen LogP contribution in [0, 0.1) is 5.92 Å². The van der Waals surface area contributed by atoms with Crippen molar-refractivity contribution >= 4 is 23.4 Å². The Labute approximate surface area is 179 Å². The summed E-state index contributed by atoms with van der Waals surface area (Å²) in [6.07, 6.45) is 6.91. The number of thiazole rings is 1. The number of piperidine rings is 1. The number of likely N-dealkylation sites (tertiary alicyclic amines) is 1. The Morgan fingerprint density at radius 3 is 2.79 bits per heavy atom. The van der Waals surface area contributed by atoms with Gasteiger partial charge in [-0.25, -0.2) is 9.78 Å². The number of ether oxygens (including phenoxy) is 1. The van der Waals surface area contributed by atoms with Crippen molar-refractivity contribution < 1.29 is 9.53 Å². The molecule has 0 aliphatic carbocycles. The first kappa shape index (κ1) is 23.4. The van der Waals surface area contributed by atoms with E-state index in [4.69, 9.17) is 4.74 Å². The van der Waals surface area contributed by atoms with E-state index in [0.29, 0.717) is 5.92 Å². The second-order valence-electron chi connectivity index (χ2n) is 8.47. The number of aromatic nitrogens is 1. The van der Waals surface area contributed by atoms with E-state index in [1.165, 1.54) is 4.88 Å². The summed E-state index contributed by atoms with van der Waals surface area (Å²) in [6, 6.07) is 0. The standard InChI is InChI=1S/C21H37N5O2S/c1-6-17-14-25-18(29-17)10-12-24-19(22-5)23-11-9-16-8-7-13-26(15-16)20(27)28-21(2,3)4/h14,16H,6-13,15H2,1-5H3,(H2,22,23,24). The van der Waals surface area contributed by atoms with Crippen molar-refractivity contribution in [3.05, 3.63) is 16.1 Å². The minimum absolute atomic E-state index is 0.193. The van der Waals surface area contributed by atoms with Crippen molar-refractivity contribution in [2.24, 2.45) is 10.9 Å². The SMILES string of the molecule is CCc1cnc(CCNC(=NC)NCCC2CCCN(C(=O)OC(C)(C)C)C2)s1. The zero-order valence-electron chi connectivity index (χ0n) is 18.6. The molecule has 1 amide bonds. The number of amides is 1. The molecule has 164 valence electrons. The zero-order chi connectivity index (χ0) is 21.3. The van der Waals surface area contributed by atoms with Gasteiger partial charge in [-0.15, -0.1) is 11.3 Å². The van der Waals surface area contributed by atoms with E-state index >= 15 is 0 Å². The number of aryl methyl sites for hydroxylation is 1. The van der Waals surface area contributed by atoms with Gasteiger partial charge in [0.05, 0.1) is 5.01 Å². The average Bonchev–Trinajstić information content (AvgIpc) is 3.13. The number of guanidine groups is 1. The van der Waals surface area contributed by atoms with Crippen LogP contribution < -0.4 is 10.6 Å². The summed E-state index contributed by atoms with van der Waals surface area (Å²) in [5.74, 6) is 1.31. The molecule has 1 unspecified atom stereocenters. The van der Waals surface area contributed by atoms with Crippen LogP contribution in [0.3, 0.4) is 0 Å².